The maximum Gasteiger partial charge on any atom is 0.401 e. The highest BCUT2D eigenvalue weighted by Gasteiger charge is 2.28. The Bertz CT molecular complexity index is 551. The van der Waals surface area contributed by atoms with E-state index >= 15 is 0 Å². The zero-order chi connectivity index (χ0) is 20.1. The minimum atomic E-state index is -4.17. The molecule has 1 aromatic rings. The van der Waals surface area contributed by atoms with E-state index < -0.39 is 12.7 Å². The molecule has 0 unspecified atom stereocenters. The van der Waals surface area contributed by atoms with Gasteiger partial charge < -0.3 is 20.1 Å². The van der Waals surface area contributed by atoms with Crippen LogP contribution < -0.4 is 20.1 Å². The van der Waals surface area contributed by atoms with E-state index in [2.05, 4.69) is 15.6 Å². The number of ether oxygens (including phenoxy) is 2. The van der Waals surface area contributed by atoms with Crippen LogP contribution in [0.5, 0.6) is 11.5 Å². The largest absolute Gasteiger partial charge is 0.497 e. The lowest BCUT2D eigenvalue weighted by Gasteiger charge is -2.18. The number of nitrogens with one attached hydrogen (secondary N) is 2. The van der Waals surface area contributed by atoms with Crippen molar-refractivity contribution in [2.24, 2.45) is 4.99 Å². The van der Waals surface area contributed by atoms with Gasteiger partial charge in [0.15, 0.2) is 5.96 Å². The van der Waals surface area contributed by atoms with Gasteiger partial charge in [-0.15, -0.1) is 0 Å². The van der Waals surface area contributed by atoms with Crippen molar-refractivity contribution < 1.29 is 22.6 Å². The van der Waals surface area contributed by atoms with Crippen LogP contribution >= 0.6 is 0 Å². The minimum absolute atomic E-state index is 0.336. The smallest absolute Gasteiger partial charge is 0.401 e. The molecule has 0 aliphatic heterocycles. The van der Waals surface area contributed by atoms with Gasteiger partial charge in [0.05, 0.1) is 20.2 Å². The predicted molar refractivity (Wildman–Crippen MR) is 101 cm³/mol. The number of methoxy groups -OCH3 is 1. The zero-order valence-corrected chi connectivity index (χ0v) is 16.1. The lowest BCUT2D eigenvalue weighted by atomic mass is 10.3. The minimum Gasteiger partial charge on any atom is -0.497 e. The Labute approximate surface area is 158 Å². The molecular weight excluding hydrogens is 361 g/mol. The Morgan fingerprint density at radius 3 is 2.41 bits per heavy atom. The summed E-state index contributed by atoms with van der Waals surface area (Å²) in [7, 11) is 3.06. The number of nitrogens with zero attached hydrogens (tertiary/aromatic N) is 2. The summed E-state index contributed by atoms with van der Waals surface area (Å²) in [5.74, 6) is 2.13. The molecule has 27 heavy (non-hydrogen) atoms. The maximum absolute atomic E-state index is 12.3. The molecule has 0 aliphatic rings. The number of rotatable bonds is 11. The molecule has 6 nitrogen and oxygen atoms in total. The topological polar surface area (TPSA) is 58.1 Å². The van der Waals surface area contributed by atoms with Crippen LogP contribution in [0.4, 0.5) is 13.2 Å². The standard InChI is InChI=1S/C18H29F3N4O2/c1-4-22-17(23-10-5-12-25(2)14-18(19,20)21)24-11-13-27-16-8-6-15(26-3)7-9-16/h6-9H,4-5,10-14H2,1-3H3,(H2,22,23,24). The second kappa shape index (κ2) is 12.3. The van der Waals surface area contributed by atoms with E-state index in [0.29, 0.717) is 45.2 Å². The number of halogens is 3. The lowest BCUT2D eigenvalue weighted by molar-refractivity contribution is -0.143. The Kier molecular flexibility index (Phi) is 10.4. The van der Waals surface area contributed by atoms with Crippen molar-refractivity contribution in [1.29, 1.82) is 0 Å². The molecule has 0 bridgehead atoms. The highest BCUT2D eigenvalue weighted by Crippen LogP contribution is 2.17. The van der Waals surface area contributed by atoms with Gasteiger partial charge in [0, 0.05) is 13.1 Å². The van der Waals surface area contributed by atoms with Crippen molar-refractivity contribution in [3.8, 4) is 11.5 Å². The summed E-state index contributed by atoms with van der Waals surface area (Å²) in [5.41, 5.74) is 0. The normalized spacial score (nSPS) is 12.2. The third-order valence-electron chi connectivity index (χ3n) is 3.48. The summed E-state index contributed by atoms with van der Waals surface area (Å²) in [6, 6.07) is 7.30. The molecule has 0 spiro atoms. The van der Waals surface area contributed by atoms with Crippen LogP contribution in [0, 0.1) is 0 Å². The van der Waals surface area contributed by atoms with Gasteiger partial charge in [0.2, 0.25) is 0 Å². The average Bonchev–Trinajstić information content (AvgIpc) is 2.61. The molecule has 9 heteroatoms. The Morgan fingerprint density at radius 2 is 1.81 bits per heavy atom. The number of hydrogen-bond donors (Lipinski definition) is 2. The van der Waals surface area contributed by atoms with E-state index in [1.807, 2.05) is 31.2 Å². The fraction of sp³-hybridized carbons (Fsp3) is 0.611. The van der Waals surface area contributed by atoms with Crippen molar-refractivity contribution in [2.45, 2.75) is 19.5 Å². The average molecular weight is 390 g/mol. The number of guanidine groups is 1. The molecule has 0 heterocycles. The first kappa shape index (κ1) is 22.9. The summed E-state index contributed by atoms with van der Waals surface area (Å²) in [6.07, 6.45) is -3.62. The number of hydrogen-bond acceptors (Lipinski definition) is 4. The molecule has 0 atom stereocenters. The molecule has 2 N–H and O–H groups in total. The Hall–Kier alpha value is -2.16. The molecule has 0 aliphatic carbocycles. The second-order valence-electron chi connectivity index (χ2n) is 5.92. The third kappa shape index (κ3) is 11.2. The van der Waals surface area contributed by atoms with Crippen LogP contribution in [0.2, 0.25) is 0 Å². The molecule has 0 aromatic heterocycles. The molecule has 154 valence electrons. The van der Waals surface area contributed by atoms with Crippen molar-refractivity contribution in [2.75, 3.05) is 53.5 Å². The molecule has 0 amide bonds. The Balaban J connectivity index is 2.28. The maximum atomic E-state index is 12.3. The van der Waals surface area contributed by atoms with Gasteiger partial charge in [-0.25, -0.2) is 0 Å². The van der Waals surface area contributed by atoms with Crippen molar-refractivity contribution >= 4 is 5.96 Å². The summed E-state index contributed by atoms with van der Waals surface area (Å²) in [5, 5.41) is 6.23. The van der Waals surface area contributed by atoms with Gasteiger partial charge in [-0.1, -0.05) is 0 Å². The van der Waals surface area contributed by atoms with Crippen LogP contribution in [0.1, 0.15) is 13.3 Å². The summed E-state index contributed by atoms with van der Waals surface area (Å²) in [6.45, 7) is 3.51. The van der Waals surface area contributed by atoms with Crippen LogP contribution in [0.3, 0.4) is 0 Å². The van der Waals surface area contributed by atoms with Crippen molar-refractivity contribution in [3.05, 3.63) is 24.3 Å². The van der Waals surface area contributed by atoms with Crippen LogP contribution in [0.15, 0.2) is 29.3 Å². The third-order valence-corrected chi connectivity index (χ3v) is 3.48. The van der Waals surface area contributed by atoms with Gasteiger partial charge in [0.1, 0.15) is 18.1 Å². The Morgan fingerprint density at radius 1 is 1.15 bits per heavy atom. The number of alkyl halides is 3. The van der Waals surface area contributed by atoms with E-state index in [-0.39, 0.29) is 0 Å². The fourth-order valence-electron chi connectivity index (χ4n) is 2.27. The quantitative estimate of drug-likeness (QED) is 0.345. The van der Waals surface area contributed by atoms with Gasteiger partial charge >= 0.3 is 6.18 Å². The molecule has 1 rings (SSSR count). The fourth-order valence-corrected chi connectivity index (χ4v) is 2.27. The van der Waals surface area contributed by atoms with Crippen molar-refractivity contribution in [3.63, 3.8) is 0 Å². The van der Waals surface area contributed by atoms with E-state index in [1.54, 1.807) is 7.11 Å². The molecule has 0 radical (unpaired) electrons. The number of benzene rings is 1. The van der Waals surface area contributed by atoms with Gasteiger partial charge in [0.25, 0.3) is 0 Å². The first-order valence-corrected chi connectivity index (χ1v) is 8.88. The highest BCUT2D eigenvalue weighted by atomic mass is 19.4. The van der Waals surface area contributed by atoms with E-state index in [9.17, 15) is 13.2 Å². The van der Waals surface area contributed by atoms with E-state index in [4.69, 9.17) is 9.47 Å². The number of aliphatic imine (C=N–C) groups is 1. The highest BCUT2D eigenvalue weighted by molar-refractivity contribution is 5.79. The molecule has 0 fully saturated rings. The summed E-state index contributed by atoms with van der Waals surface area (Å²) >= 11 is 0. The van der Waals surface area contributed by atoms with E-state index in [1.165, 1.54) is 11.9 Å². The van der Waals surface area contributed by atoms with E-state index in [0.717, 1.165) is 11.5 Å². The second-order valence-corrected chi connectivity index (χ2v) is 5.92. The molecule has 1 aromatic carbocycles. The summed E-state index contributed by atoms with van der Waals surface area (Å²) in [4.78, 5) is 5.61. The van der Waals surface area contributed by atoms with Gasteiger partial charge in [-0.3, -0.25) is 9.89 Å². The lowest BCUT2D eigenvalue weighted by Crippen LogP contribution is -2.39. The molecule has 0 saturated carbocycles. The monoisotopic (exact) mass is 390 g/mol. The van der Waals surface area contributed by atoms with Gasteiger partial charge in [-0.2, -0.15) is 13.2 Å². The first-order chi connectivity index (χ1) is 12.8. The summed E-state index contributed by atoms with van der Waals surface area (Å²) < 4.78 is 47.5. The van der Waals surface area contributed by atoms with Gasteiger partial charge in [-0.05, 0) is 51.2 Å². The van der Waals surface area contributed by atoms with Crippen LogP contribution in [0.25, 0.3) is 0 Å². The molecular formula is C18H29F3N4O2. The van der Waals surface area contributed by atoms with Crippen LogP contribution in [-0.4, -0.2) is 70.5 Å². The SMILES string of the molecule is CCNC(=NCCCN(C)CC(F)(F)F)NCCOc1ccc(OC)cc1. The predicted octanol–water partition coefficient (Wildman–Crippen LogP) is 2.51. The first-order valence-electron chi connectivity index (χ1n) is 8.88. The van der Waals surface area contributed by atoms with Crippen LogP contribution in [-0.2, 0) is 0 Å². The van der Waals surface area contributed by atoms with Crippen molar-refractivity contribution in [1.82, 2.24) is 15.5 Å². The molecule has 0 saturated heterocycles. The zero-order valence-electron chi connectivity index (χ0n) is 16.1.